The molecule has 0 aliphatic carbocycles. The third-order valence-corrected chi connectivity index (χ3v) is 9.94. The maximum absolute atomic E-state index is 13.4. The number of benzene rings is 2. The number of carbonyl (C=O) groups is 2. The van der Waals surface area contributed by atoms with Crippen LogP contribution in [0.3, 0.4) is 0 Å². The molecule has 2 aromatic rings. The van der Waals surface area contributed by atoms with E-state index in [4.69, 9.17) is 0 Å². The molecule has 1 atom stereocenters. The zero-order valence-corrected chi connectivity index (χ0v) is 20.0. The lowest BCUT2D eigenvalue weighted by molar-refractivity contribution is -0.121. The number of hydrogen-bond donors (Lipinski definition) is 1. The number of fused-ring (bicyclic) bond motifs is 3. The lowest BCUT2D eigenvalue weighted by Crippen LogP contribution is -2.49. The normalized spacial score (nSPS) is 23.4. The maximum Gasteiger partial charge on any atom is 0.261 e. The molecule has 5 rings (SSSR count). The minimum absolute atomic E-state index is 0.0628. The van der Waals surface area contributed by atoms with Crippen LogP contribution in [0.2, 0.25) is 0 Å². The van der Waals surface area contributed by atoms with Gasteiger partial charge in [-0.25, -0.2) is 8.42 Å². The molecule has 3 aliphatic rings. The van der Waals surface area contributed by atoms with E-state index in [0.717, 1.165) is 30.2 Å². The molecule has 3 heterocycles. The first-order valence-electron chi connectivity index (χ1n) is 11.1. The number of anilines is 2. The van der Waals surface area contributed by atoms with E-state index in [1.54, 1.807) is 17.0 Å². The van der Waals surface area contributed by atoms with Crippen LogP contribution in [0.5, 0.6) is 0 Å². The zero-order valence-electron chi connectivity index (χ0n) is 18.4. The van der Waals surface area contributed by atoms with Crippen LogP contribution >= 0.6 is 11.8 Å². The van der Waals surface area contributed by atoms with Gasteiger partial charge in [-0.15, -0.1) is 0 Å². The van der Waals surface area contributed by atoms with Gasteiger partial charge in [0.25, 0.3) is 5.91 Å². The van der Waals surface area contributed by atoms with Crippen molar-refractivity contribution in [3.63, 3.8) is 0 Å². The first kappa shape index (κ1) is 22.4. The lowest BCUT2D eigenvalue weighted by atomic mass is 10.1. The maximum atomic E-state index is 13.4. The average Bonchev–Trinajstić information content (AvgIpc) is 3.35. The van der Waals surface area contributed by atoms with Crippen molar-refractivity contribution in [1.29, 1.82) is 0 Å². The fourth-order valence-corrected chi connectivity index (χ4v) is 7.51. The molecule has 3 aliphatic heterocycles. The Morgan fingerprint density at radius 1 is 1.06 bits per heavy atom. The Bertz CT molecular complexity index is 1190. The summed E-state index contributed by atoms with van der Waals surface area (Å²) < 4.78 is 27.5. The predicted molar refractivity (Wildman–Crippen MR) is 128 cm³/mol. The molecular weight excluding hydrogens is 460 g/mol. The molecule has 2 saturated heterocycles. The Balaban J connectivity index is 1.32. The number of para-hydroxylation sites is 1. The van der Waals surface area contributed by atoms with Crippen molar-refractivity contribution in [2.24, 2.45) is 0 Å². The van der Waals surface area contributed by atoms with Crippen LogP contribution < -0.4 is 10.2 Å². The Labute approximate surface area is 198 Å². The lowest BCUT2D eigenvalue weighted by Gasteiger charge is -2.33. The minimum Gasteiger partial charge on any atom is -0.323 e. The van der Waals surface area contributed by atoms with Gasteiger partial charge >= 0.3 is 0 Å². The summed E-state index contributed by atoms with van der Waals surface area (Å²) in [7, 11) is -3.58. The van der Waals surface area contributed by atoms with E-state index in [0.29, 0.717) is 31.6 Å². The average molecular weight is 487 g/mol. The van der Waals surface area contributed by atoms with Crippen LogP contribution in [-0.4, -0.2) is 67.0 Å². The van der Waals surface area contributed by atoms with Crippen molar-refractivity contribution in [2.75, 3.05) is 42.9 Å². The van der Waals surface area contributed by atoms with E-state index in [1.165, 1.54) is 28.2 Å². The van der Waals surface area contributed by atoms with Crippen molar-refractivity contribution < 1.29 is 18.0 Å². The molecule has 2 fully saturated rings. The number of thioether (sulfide) groups is 1. The molecule has 0 aromatic heterocycles. The Kier molecular flexibility index (Phi) is 5.72. The van der Waals surface area contributed by atoms with Crippen LogP contribution in [0, 0.1) is 0 Å². The molecule has 1 unspecified atom stereocenters. The number of amides is 2. The summed E-state index contributed by atoms with van der Waals surface area (Å²) in [6, 6.07) is 13.8. The zero-order chi connectivity index (χ0) is 23.2. The van der Waals surface area contributed by atoms with Gasteiger partial charge in [0, 0.05) is 43.2 Å². The van der Waals surface area contributed by atoms with Crippen LogP contribution in [0.25, 0.3) is 0 Å². The first-order chi connectivity index (χ1) is 15.8. The number of sulfonamides is 1. The van der Waals surface area contributed by atoms with Gasteiger partial charge in [-0.2, -0.15) is 4.31 Å². The van der Waals surface area contributed by atoms with Crippen molar-refractivity contribution in [2.45, 2.75) is 34.4 Å². The third kappa shape index (κ3) is 3.74. The highest BCUT2D eigenvalue weighted by Crippen LogP contribution is 2.56. The standard InChI is InChI=1S/C23H26N4O4S2/c1-2-25-13-15-26(16-14-25)33(30,31)18-9-7-17(8-10-18)24-22(29)23-12-11-21(28)27(23)19-5-3-4-6-20(19)32-23/h3-10H,2,11-16H2,1H3,(H,24,29). The Morgan fingerprint density at radius 3 is 2.45 bits per heavy atom. The van der Waals surface area contributed by atoms with Crippen molar-refractivity contribution in [3.05, 3.63) is 48.5 Å². The van der Waals surface area contributed by atoms with Gasteiger partial charge < -0.3 is 10.2 Å². The van der Waals surface area contributed by atoms with Gasteiger partial charge in [-0.1, -0.05) is 30.8 Å². The smallest absolute Gasteiger partial charge is 0.261 e. The first-order valence-corrected chi connectivity index (χ1v) is 13.4. The van der Waals surface area contributed by atoms with E-state index in [9.17, 15) is 18.0 Å². The Hall–Kier alpha value is -2.40. The van der Waals surface area contributed by atoms with E-state index >= 15 is 0 Å². The SMILES string of the molecule is CCN1CCN(S(=O)(=O)c2ccc(NC(=O)C34CCC(=O)N3c3ccccc3S4)cc2)CC1. The van der Waals surface area contributed by atoms with E-state index < -0.39 is 14.9 Å². The van der Waals surface area contributed by atoms with Crippen LogP contribution in [0.1, 0.15) is 19.8 Å². The molecule has 8 nitrogen and oxygen atoms in total. The minimum atomic E-state index is -3.58. The molecule has 0 bridgehead atoms. The van der Waals surface area contributed by atoms with Crippen LogP contribution in [0.4, 0.5) is 11.4 Å². The highest BCUT2D eigenvalue weighted by molar-refractivity contribution is 8.02. The number of carbonyl (C=O) groups excluding carboxylic acids is 2. The summed E-state index contributed by atoms with van der Waals surface area (Å²) in [4.78, 5) is 29.9. The quantitative estimate of drug-likeness (QED) is 0.699. The number of hydrogen-bond acceptors (Lipinski definition) is 6. The second-order valence-electron chi connectivity index (χ2n) is 8.40. The molecule has 174 valence electrons. The van der Waals surface area contributed by atoms with Crippen molar-refractivity contribution in [1.82, 2.24) is 9.21 Å². The van der Waals surface area contributed by atoms with Gasteiger partial charge in [0.2, 0.25) is 15.9 Å². The third-order valence-electron chi connectivity index (χ3n) is 6.56. The fourth-order valence-electron chi connectivity index (χ4n) is 4.67. The number of likely N-dealkylation sites (N-methyl/N-ethyl adjacent to an activating group) is 1. The van der Waals surface area contributed by atoms with Crippen LogP contribution in [-0.2, 0) is 19.6 Å². The van der Waals surface area contributed by atoms with Gasteiger partial charge in [0.1, 0.15) is 0 Å². The summed E-state index contributed by atoms with van der Waals surface area (Å²) in [6.07, 6.45) is 0.741. The molecular formula is C23H26N4O4S2. The molecule has 0 saturated carbocycles. The highest BCUT2D eigenvalue weighted by atomic mass is 32.2. The summed E-state index contributed by atoms with van der Waals surface area (Å²) in [5.41, 5.74) is 1.27. The van der Waals surface area contributed by atoms with Gasteiger partial charge in [-0.3, -0.25) is 14.5 Å². The summed E-state index contributed by atoms with van der Waals surface area (Å²) in [5, 5.41) is 2.90. The van der Waals surface area contributed by atoms with E-state index in [1.807, 2.05) is 24.3 Å². The summed E-state index contributed by atoms with van der Waals surface area (Å²) in [6.45, 7) is 5.37. The van der Waals surface area contributed by atoms with Crippen molar-refractivity contribution in [3.8, 4) is 0 Å². The predicted octanol–water partition coefficient (Wildman–Crippen LogP) is 2.58. The van der Waals surface area contributed by atoms with E-state index in [2.05, 4.69) is 17.1 Å². The second-order valence-corrected chi connectivity index (χ2v) is 11.7. The van der Waals surface area contributed by atoms with Gasteiger partial charge in [0.05, 0.1) is 10.6 Å². The molecule has 10 heteroatoms. The highest BCUT2D eigenvalue weighted by Gasteiger charge is 2.57. The number of rotatable bonds is 5. The monoisotopic (exact) mass is 486 g/mol. The molecule has 0 spiro atoms. The summed E-state index contributed by atoms with van der Waals surface area (Å²) in [5.74, 6) is -0.340. The molecule has 0 radical (unpaired) electrons. The molecule has 1 N–H and O–H groups in total. The van der Waals surface area contributed by atoms with Crippen LogP contribution in [0.15, 0.2) is 58.3 Å². The molecule has 2 aromatic carbocycles. The fraction of sp³-hybridized carbons (Fsp3) is 0.391. The second kappa shape index (κ2) is 8.43. The van der Waals surface area contributed by atoms with E-state index in [-0.39, 0.29) is 16.7 Å². The molecule has 2 amide bonds. The number of nitrogens with zero attached hydrogens (tertiary/aromatic N) is 3. The summed E-state index contributed by atoms with van der Waals surface area (Å²) >= 11 is 1.40. The largest absolute Gasteiger partial charge is 0.323 e. The van der Waals surface area contributed by atoms with Gasteiger partial charge in [0.15, 0.2) is 4.87 Å². The number of piperazine rings is 1. The van der Waals surface area contributed by atoms with Gasteiger partial charge in [-0.05, 0) is 49.4 Å². The Morgan fingerprint density at radius 2 is 1.76 bits per heavy atom. The topological polar surface area (TPSA) is 90.0 Å². The number of nitrogens with one attached hydrogen (secondary N) is 1. The molecule has 33 heavy (non-hydrogen) atoms. The van der Waals surface area contributed by atoms with Crippen molar-refractivity contribution >= 4 is 45.0 Å².